The van der Waals surface area contributed by atoms with Gasteiger partial charge in [-0.2, -0.15) is 28.3 Å². The van der Waals surface area contributed by atoms with Crippen molar-refractivity contribution in [3.05, 3.63) is 81.4 Å². The van der Waals surface area contributed by atoms with Crippen molar-refractivity contribution in [2.75, 3.05) is 16.8 Å². The number of aromatic nitrogens is 6. The number of benzene rings is 2. The number of aliphatic hydroxyl groups excluding tert-OH is 1. The molecule has 3 heterocycles. The zero-order valence-corrected chi connectivity index (χ0v) is 24.5. The molecule has 0 radical (unpaired) electrons. The van der Waals surface area contributed by atoms with Gasteiger partial charge in [-0.25, -0.2) is 13.1 Å². The molecule has 3 N–H and O–H groups in total. The Kier molecular flexibility index (Phi) is 8.35. The largest absolute Gasteiger partial charge is 0.455 e. The Hall–Kier alpha value is -4.86. The number of aliphatic hydroxyl groups is 1. The zero-order chi connectivity index (χ0) is 32.7. The van der Waals surface area contributed by atoms with Crippen LogP contribution in [0.1, 0.15) is 43.5 Å². The van der Waals surface area contributed by atoms with Gasteiger partial charge in [-0.05, 0) is 48.0 Å². The predicted molar refractivity (Wildman–Crippen MR) is 150 cm³/mol. The Morgan fingerprint density at radius 1 is 1.16 bits per heavy atom. The van der Waals surface area contributed by atoms with Crippen LogP contribution in [0.5, 0.6) is 0 Å². The lowest BCUT2D eigenvalue weighted by Crippen LogP contribution is -2.43. The van der Waals surface area contributed by atoms with E-state index >= 15 is 0 Å². The summed E-state index contributed by atoms with van der Waals surface area (Å²) in [6.07, 6.45) is -6.18. The molecule has 0 bridgehead atoms. The molecule has 1 aliphatic rings. The molecule has 234 valence electrons. The van der Waals surface area contributed by atoms with Crippen LogP contribution in [0.25, 0.3) is 5.69 Å². The molecule has 19 heteroatoms. The lowest BCUT2D eigenvalue weighted by molar-refractivity contribution is -0.145. The molecule has 2 aromatic heterocycles. The van der Waals surface area contributed by atoms with Crippen molar-refractivity contribution in [3.8, 4) is 11.8 Å². The second-order valence-corrected chi connectivity index (χ2v) is 12.6. The summed E-state index contributed by atoms with van der Waals surface area (Å²) in [5.41, 5.74) is 0.280. The van der Waals surface area contributed by atoms with E-state index in [-0.39, 0.29) is 38.9 Å². The summed E-state index contributed by atoms with van der Waals surface area (Å²) >= 11 is 6.35. The SMILES string of the molecule is Cc1cc(C#N)cc(C(=O)NC2CS(=O)(=O)CC2O)c1NC(=O)c1cc(Cn2nnc(C(F)(F)F)n2)nn1-c1ccccc1Cl. The molecule has 4 aromatic rings. The van der Waals surface area contributed by atoms with Crippen molar-refractivity contribution in [3.63, 3.8) is 0 Å². The van der Waals surface area contributed by atoms with Crippen LogP contribution in [0.3, 0.4) is 0 Å². The maximum absolute atomic E-state index is 13.8. The first-order valence-corrected chi connectivity index (χ1v) is 15.1. The monoisotopic (exact) mass is 663 g/mol. The molecular weight excluding hydrogens is 643 g/mol. The van der Waals surface area contributed by atoms with Crippen LogP contribution in [0.2, 0.25) is 5.02 Å². The highest BCUT2D eigenvalue weighted by Gasteiger charge is 2.38. The number of nitrogens with one attached hydrogen (secondary N) is 2. The number of amides is 2. The van der Waals surface area contributed by atoms with Crippen molar-refractivity contribution < 1.29 is 36.3 Å². The standard InChI is InChI=1S/C26H21ClF3N9O5S/c1-13-6-14(9-31)7-16(23(41)32-18-11-45(43,44)12-21(18)40)22(13)33-24(42)20-8-15(10-38-36-25(34-37-38)26(28,29)30)35-39(20)19-5-3-2-4-17(19)27/h2-8,18,21,40H,10-12H2,1H3,(H,32,41)(H,33,42). The maximum Gasteiger partial charge on any atom is 0.455 e. The van der Waals surface area contributed by atoms with Gasteiger partial charge in [-0.3, -0.25) is 9.59 Å². The van der Waals surface area contributed by atoms with E-state index in [4.69, 9.17) is 11.6 Å². The number of aryl methyl sites for hydroxylation is 1. The molecule has 2 aromatic carbocycles. The summed E-state index contributed by atoms with van der Waals surface area (Å²) in [6, 6.07) is 11.0. The minimum Gasteiger partial charge on any atom is -0.390 e. The van der Waals surface area contributed by atoms with E-state index in [2.05, 4.69) is 31.1 Å². The summed E-state index contributed by atoms with van der Waals surface area (Å²) in [4.78, 5) is 27.7. The molecule has 1 saturated heterocycles. The molecule has 1 fully saturated rings. The van der Waals surface area contributed by atoms with E-state index in [0.717, 1.165) is 4.68 Å². The van der Waals surface area contributed by atoms with Crippen molar-refractivity contribution >= 4 is 38.9 Å². The molecule has 2 unspecified atom stereocenters. The first kappa shape index (κ1) is 31.6. The van der Waals surface area contributed by atoms with Gasteiger partial charge in [0.1, 0.15) is 12.2 Å². The average molecular weight is 664 g/mol. The summed E-state index contributed by atoms with van der Waals surface area (Å²) in [5, 5.41) is 38.9. The van der Waals surface area contributed by atoms with Crippen LogP contribution in [-0.4, -0.2) is 79.0 Å². The Morgan fingerprint density at radius 2 is 1.89 bits per heavy atom. The third kappa shape index (κ3) is 6.79. The Bertz CT molecular complexity index is 1970. The van der Waals surface area contributed by atoms with E-state index in [1.54, 1.807) is 12.1 Å². The normalized spacial score (nSPS) is 17.5. The van der Waals surface area contributed by atoms with Gasteiger partial charge in [-0.1, -0.05) is 23.7 Å². The topological polar surface area (TPSA) is 198 Å². The summed E-state index contributed by atoms with van der Waals surface area (Å²) in [6.45, 7) is 1.12. The van der Waals surface area contributed by atoms with Gasteiger partial charge in [0.15, 0.2) is 9.84 Å². The minimum absolute atomic E-state index is 0.0342. The highest BCUT2D eigenvalue weighted by atomic mass is 35.5. The number of rotatable bonds is 7. The predicted octanol–water partition coefficient (Wildman–Crippen LogP) is 1.90. The average Bonchev–Trinajstić information content (AvgIpc) is 3.67. The second kappa shape index (κ2) is 11.9. The number of tetrazole rings is 1. The van der Waals surface area contributed by atoms with E-state index in [0.29, 0.717) is 10.4 Å². The number of nitriles is 1. The quantitative estimate of drug-likeness (QED) is 0.262. The van der Waals surface area contributed by atoms with Gasteiger partial charge >= 0.3 is 6.18 Å². The van der Waals surface area contributed by atoms with Crippen LogP contribution in [0.4, 0.5) is 18.9 Å². The zero-order valence-electron chi connectivity index (χ0n) is 22.9. The number of para-hydroxylation sites is 1. The van der Waals surface area contributed by atoms with Gasteiger partial charge in [-0.15, -0.1) is 10.2 Å². The van der Waals surface area contributed by atoms with E-state index in [1.807, 2.05) is 6.07 Å². The first-order valence-electron chi connectivity index (χ1n) is 12.9. The molecule has 5 rings (SSSR count). The Labute approximate surface area is 257 Å². The number of halogens is 4. The third-order valence-electron chi connectivity index (χ3n) is 6.67. The summed E-state index contributed by atoms with van der Waals surface area (Å²) < 4.78 is 63.9. The Balaban J connectivity index is 1.51. The number of alkyl halides is 3. The van der Waals surface area contributed by atoms with E-state index < -0.39 is 63.8 Å². The number of nitrogens with zero attached hydrogens (tertiary/aromatic N) is 7. The van der Waals surface area contributed by atoms with Crippen LogP contribution in [0, 0.1) is 18.3 Å². The fourth-order valence-electron chi connectivity index (χ4n) is 4.63. The van der Waals surface area contributed by atoms with Crippen molar-refractivity contribution in [2.24, 2.45) is 0 Å². The Morgan fingerprint density at radius 3 is 2.51 bits per heavy atom. The van der Waals surface area contributed by atoms with Crippen molar-refractivity contribution in [1.29, 1.82) is 5.26 Å². The number of carbonyl (C=O) groups is 2. The molecule has 0 aliphatic carbocycles. The minimum atomic E-state index is -4.83. The van der Waals surface area contributed by atoms with Gasteiger partial charge < -0.3 is 15.7 Å². The van der Waals surface area contributed by atoms with Gasteiger partial charge in [0.2, 0.25) is 0 Å². The summed E-state index contributed by atoms with van der Waals surface area (Å²) in [7, 11) is -3.60. The molecule has 2 amide bonds. The fourth-order valence-corrected chi connectivity index (χ4v) is 6.59. The molecule has 14 nitrogen and oxygen atoms in total. The fraction of sp³-hybridized carbons (Fsp3) is 0.269. The summed E-state index contributed by atoms with van der Waals surface area (Å²) in [5.74, 6) is -4.18. The van der Waals surface area contributed by atoms with Crippen molar-refractivity contribution in [2.45, 2.75) is 31.8 Å². The third-order valence-corrected chi connectivity index (χ3v) is 8.71. The molecule has 45 heavy (non-hydrogen) atoms. The molecule has 1 aliphatic heterocycles. The number of hydrogen-bond acceptors (Lipinski definition) is 10. The molecule has 0 saturated carbocycles. The maximum atomic E-state index is 13.8. The lowest BCUT2D eigenvalue weighted by atomic mass is 10.0. The second-order valence-electron chi connectivity index (χ2n) is 10.0. The van der Waals surface area contributed by atoms with Crippen LogP contribution >= 0.6 is 11.6 Å². The van der Waals surface area contributed by atoms with Crippen LogP contribution < -0.4 is 10.6 Å². The van der Waals surface area contributed by atoms with Gasteiger partial charge in [0, 0.05) is 0 Å². The molecular formula is C26H21ClF3N9O5S. The number of hydrogen-bond donors (Lipinski definition) is 3. The molecule has 0 spiro atoms. The molecule has 2 atom stereocenters. The highest BCUT2D eigenvalue weighted by molar-refractivity contribution is 7.91. The van der Waals surface area contributed by atoms with Gasteiger partial charge in [0.25, 0.3) is 17.6 Å². The van der Waals surface area contributed by atoms with Crippen LogP contribution in [0.15, 0.2) is 42.5 Å². The number of carbonyl (C=O) groups excluding carboxylic acids is 2. The van der Waals surface area contributed by atoms with E-state index in [1.165, 1.54) is 37.3 Å². The smallest absolute Gasteiger partial charge is 0.390 e. The lowest BCUT2D eigenvalue weighted by Gasteiger charge is -2.19. The van der Waals surface area contributed by atoms with Crippen molar-refractivity contribution in [1.82, 2.24) is 35.3 Å². The number of anilines is 1. The first-order chi connectivity index (χ1) is 21.1. The highest BCUT2D eigenvalue weighted by Crippen LogP contribution is 2.28. The number of sulfone groups is 1. The van der Waals surface area contributed by atoms with Crippen LogP contribution in [-0.2, 0) is 22.6 Å². The van der Waals surface area contributed by atoms with E-state index in [9.17, 15) is 41.5 Å². The van der Waals surface area contributed by atoms with Gasteiger partial charge in [0.05, 0.1) is 62.9 Å².